The van der Waals surface area contributed by atoms with Gasteiger partial charge in [-0.3, -0.25) is 0 Å². The first kappa shape index (κ1) is 11.2. The molecule has 3 nitrogen and oxygen atoms in total. The fourth-order valence-electron chi connectivity index (χ4n) is 2.16. The molecule has 1 aromatic rings. The molecule has 2 N–H and O–H groups in total. The minimum absolute atomic E-state index is 0.223. The number of halogens is 1. The summed E-state index contributed by atoms with van der Waals surface area (Å²) in [6.45, 7) is 1.79. The maximum absolute atomic E-state index is 13.7. The van der Waals surface area contributed by atoms with Crippen molar-refractivity contribution in [2.24, 2.45) is 0 Å². The molecule has 1 saturated heterocycles. The molecule has 0 saturated carbocycles. The first-order valence-electron chi connectivity index (χ1n) is 5.54. The average Bonchev–Trinajstić information content (AvgIpc) is 2.66. The van der Waals surface area contributed by atoms with Crippen molar-refractivity contribution in [2.75, 3.05) is 37.8 Å². The summed E-state index contributed by atoms with van der Waals surface area (Å²) in [6, 6.07) is 5.42. The Bertz CT molecular complexity index is 379. The van der Waals surface area contributed by atoms with E-state index in [0.717, 1.165) is 19.5 Å². The van der Waals surface area contributed by atoms with Gasteiger partial charge in [-0.15, -0.1) is 0 Å². The van der Waals surface area contributed by atoms with E-state index in [1.54, 1.807) is 12.1 Å². The number of anilines is 2. The van der Waals surface area contributed by atoms with E-state index in [9.17, 15) is 4.39 Å². The molecule has 0 aromatic heterocycles. The van der Waals surface area contributed by atoms with Crippen LogP contribution >= 0.6 is 0 Å². The second-order valence-corrected chi connectivity index (χ2v) is 4.56. The quantitative estimate of drug-likeness (QED) is 0.772. The molecule has 1 aromatic carbocycles. The molecule has 1 heterocycles. The van der Waals surface area contributed by atoms with Crippen molar-refractivity contribution in [1.29, 1.82) is 0 Å². The van der Waals surface area contributed by atoms with Crippen LogP contribution in [0.3, 0.4) is 0 Å². The third-order valence-electron chi connectivity index (χ3n) is 3.21. The molecule has 4 heteroatoms. The highest BCUT2D eigenvalue weighted by Gasteiger charge is 2.25. The van der Waals surface area contributed by atoms with E-state index in [1.165, 1.54) is 6.07 Å². The molecule has 16 heavy (non-hydrogen) atoms. The number of benzene rings is 1. The van der Waals surface area contributed by atoms with Gasteiger partial charge in [-0.05, 0) is 38.7 Å². The standard InChI is InChI=1S/C12H18FN3/c1-15(2)10-5-6-16(8-10)12-4-3-9(14)7-11(12)13/h3-4,7,10H,5-6,8,14H2,1-2H3. The molecule has 2 rings (SSSR count). The lowest BCUT2D eigenvalue weighted by atomic mass is 10.2. The number of nitrogens with two attached hydrogens (primary N) is 1. The van der Waals surface area contributed by atoms with E-state index < -0.39 is 0 Å². The number of hydrogen-bond donors (Lipinski definition) is 1. The summed E-state index contributed by atoms with van der Waals surface area (Å²) in [7, 11) is 4.13. The molecule has 0 spiro atoms. The Morgan fingerprint density at radius 1 is 1.44 bits per heavy atom. The highest BCUT2D eigenvalue weighted by atomic mass is 19.1. The molecule has 1 aliphatic rings. The largest absolute Gasteiger partial charge is 0.399 e. The highest BCUT2D eigenvalue weighted by Crippen LogP contribution is 2.26. The van der Waals surface area contributed by atoms with E-state index in [0.29, 0.717) is 17.4 Å². The number of rotatable bonds is 2. The van der Waals surface area contributed by atoms with E-state index >= 15 is 0 Å². The van der Waals surface area contributed by atoms with Gasteiger partial charge in [0.05, 0.1) is 5.69 Å². The number of nitrogen functional groups attached to an aromatic ring is 1. The summed E-state index contributed by atoms with van der Waals surface area (Å²) in [5, 5.41) is 0. The zero-order valence-electron chi connectivity index (χ0n) is 9.78. The van der Waals surface area contributed by atoms with E-state index in [2.05, 4.69) is 23.9 Å². The zero-order chi connectivity index (χ0) is 11.7. The van der Waals surface area contributed by atoms with Crippen molar-refractivity contribution < 1.29 is 4.39 Å². The Hall–Kier alpha value is -1.29. The summed E-state index contributed by atoms with van der Waals surface area (Å²) in [6.07, 6.45) is 1.08. The van der Waals surface area contributed by atoms with Crippen LogP contribution < -0.4 is 10.6 Å². The van der Waals surface area contributed by atoms with Crippen molar-refractivity contribution in [3.8, 4) is 0 Å². The van der Waals surface area contributed by atoms with Crippen molar-refractivity contribution >= 4 is 11.4 Å². The molecule has 0 aliphatic carbocycles. The topological polar surface area (TPSA) is 32.5 Å². The lowest BCUT2D eigenvalue weighted by Crippen LogP contribution is -2.31. The second-order valence-electron chi connectivity index (χ2n) is 4.56. The maximum Gasteiger partial charge on any atom is 0.148 e. The number of nitrogens with zero attached hydrogens (tertiary/aromatic N) is 2. The number of hydrogen-bond acceptors (Lipinski definition) is 3. The van der Waals surface area contributed by atoms with Crippen LogP contribution in [-0.2, 0) is 0 Å². The van der Waals surface area contributed by atoms with Gasteiger partial charge in [0, 0.05) is 24.8 Å². The van der Waals surface area contributed by atoms with Crippen molar-refractivity contribution in [1.82, 2.24) is 4.90 Å². The summed E-state index contributed by atoms with van der Waals surface area (Å²) in [5.74, 6) is -0.223. The van der Waals surface area contributed by atoms with Crippen molar-refractivity contribution in [3.05, 3.63) is 24.0 Å². The summed E-state index contributed by atoms with van der Waals surface area (Å²) >= 11 is 0. The Kier molecular flexibility index (Phi) is 3.01. The summed E-state index contributed by atoms with van der Waals surface area (Å²) in [5.41, 5.74) is 6.68. The van der Waals surface area contributed by atoms with E-state index in [1.807, 2.05) is 0 Å². The minimum atomic E-state index is -0.223. The van der Waals surface area contributed by atoms with Crippen LogP contribution in [0.2, 0.25) is 0 Å². The molecule has 0 radical (unpaired) electrons. The van der Waals surface area contributed by atoms with Crippen LogP contribution in [0, 0.1) is 5.82 Å². The molecule has 1 aliphatic heterocycles. The first-order valence-corrected chi connectivity index (χ1v) is 5.54. The molecule has 1 fully saturated rings. The molecule has 1 atom stereocenters. The lowest BCUT2D eigenvalue weighted by Gasteiger charge is -2.22. The third-order valence-corrected chi connectivity index (χ3v) is 3.21. The monoisotopic (exact) mass is 223 g/mol. The lowest BCUT2D eigenvalue weighted by molar-refractivity contribution is 0.315. The first-order chi connectivity index (χ1) is 7.58. The fraction of sp³-hybridized carbons (Fsp3) is 0.500. The fourth-order valence-corrected chi connectivity index (χ4v) is 2.16. The van der Waals surface area contributed by atoms with Crippen LogP contribution in [0.5, 0.6) is 0 Å². The van der Waals surface area contributed by atoms with Crippen molar-refractivity contribution in [3.63, 3.8) is 0 Å². The van der Waals surface area contributed by atoms with Crippen LogP contribution in [0.1, 0.15) is 6.42 Å². The zero-order valence-corrected chi connectivity index (χ0v) is 9.78. The Morgan fingerprint density at radius 2 is 2.19 bits per heavy atom. The SMILES string of the molecule is CN(C)C1CCN(c2ccc(N)cc2F)C1. The van der Waals surface area contributed by atoms with Gasteiger partial charge in [0.25, 0.3) is 0 Å². The van der Waals surface area contributed by atoms with Crippen LogP contribution in [0.15, 0.2) is 18.2 Å². The maximum atomic E-state index is 13.7. The smallest absolute Gasteiger partial charge is 0.148 e. The van der Waals surface area contributed by atoms with E-state index in [-0.39, 0.29) is 5.82 Å². The number of likely N-dealkylation sites (N-methyl/N-ethyl adjacent to an activating group) is 1. The molecule has 0 amide bonds. The van der Waals surface area contributed by atoms with Gasteiger partial charge >= 0.3 is 0 Å². The Labute approximate surface area is 95.6 Å². The molecular weight excluding hydrogens is 205 g/mol. The van der Waals surface area contributed by atoms with Crippen LogP contribution in [0.25, 0.3) is 0 Å². The summed E-state index contributed by atoms with van der Waals surface area (Å²) in [4.78, 5) is 4.27. The highest BCUT2D eigenvalue weighted by molar-refractivity contribution is 5.55. The Morgan fingerprint density at radius 3 is 2.75 bits per heavy atom. The van der Waals surface area contributed by atoms with Gasteiger partial charge in [0.2, 0.25) is 0 Å². The van der Waals surface area contributed by atoms with E-state index in [4.69, 9.17) is 5.73 Å². The van der Waals surface area contributed by atoms with Crippen molar-refractivity contribution in [2.45, 2.75) is 12.5 Å². The normalized spacial score (nSPS) is 20.8. The molecular formula is C12H18FN3. The molecule has 0 bridgehead atoms. The summed E-state index contributed by atoms with van der Waals surface area (Å²) < 4.78 is 13.7. The van der Waals surface area contributed by atoms with Gasteiger partial charge in [-0.25, -0.2) is 4.39 Å². The van der Waals surface area contributed by atoms with Gasteiger partial charge in [0.1, 0.15) is 5.82 Å². The van der Waals surface area contributed by atoms with Crippen LogP contribution in [-0.4, -0.2) is 38.1 Å². The molecule has 88 valence electrons. The average molecular weight is 223 g/mol. The minimum Gasteiger partial charge on any atom is -0.399 e. The molecule has 1 unspecified atom stereocenters. The van der Waals surface area contributed by atoms with Gasteiger partial charge in [0.15, 0.2) is 0 Å². The predicted octanol–water partition coefficient (Wildman–Crippen LogP) is 1.55. The third kappa shape index (κ3) is 2.11. The van der Waals surface area contributed by atoms with Gasteiger partial charge < -0.3 is 15.5 Å². The Balaban J connectivity index is 2.14. The van der Waals surface area contributed by atoms with Gasteiger partial charge in [-0.2, -0.15) is 0 Å². The predicted molar refractivity (Wildman–Crippen MR) is 65.1 cm³/mol. The van der Waals surface area contributed by atoms with Gasteiger partial charge in [-0.1, -0.05) is 0 Å². The second kappa shape index (κ2) is 4.29. The van der Waals surface area contributed by atoms with Crippen LogP contribution in [0.4, 0.5) is 15.8 Å².